The number of benzene rings is 15. The molecule has 3 heterocycles. The summed E-state index contributed by atoms with van der Waals surface area (Å²) in [7, 11) is 1.85. The van der Waals surface area contributed by atoms with Crippen molar-refractivity contribution in [1.29, 1.82) is 0 Å². The van der Waals surface area contributed by atoms with Crippen LogP contribution in [0.15, 0.2) is 211 Å². The number of imide groups is 2. The number of carbonyl (C=O) groups excluding carboxylic acids is 5. The standard InChI is InChI=1S/C122H131N4O8/c1-14-26-36-75(18-5)64-80-40-32-46-87-102(80)72-103-81(65-76(19-6)37-27-15-2)41-33-47-88(103)110(87)106-68-79(69-107(117(106)132-13)111-89-48-34-42-82(66-77(20-7)38-28-16-3)104(89)73-105-83(43-35-49-90(105)111)67-78(21-8)39-29-17-4)74-126-120(129)100-60-56-93-91-54-58-98-115-99(59-55-92(113(91)115)94-57-61-101(121(126)130)116(100)114(93)94)119(128)125(118(98)127)62-63-133-122(131)95-45-31-30-44-86(95)112-96-52-50-84(123(22-9)23-10)70-108(96)134-109-71-85(51-53-97(109)112)124(24-11)25-12/h30-35,40-61,68-73,75-78H,14-29,36-39,62-67,74H2,1-13H3/q+1. The summed E-state index contributed by atoms with van der Waals surface area (Å²) in [4.78, 5) is 83.0. The van der Waals surface area contributed by atoms with Crippen molar-refractivity contribution in [2.45, 2.75) is 218 Å². The van der Waals surface area contributed by atoms with Crippen LogP contribution in [0, 0.1) is 23.7 Å². The van der Waals surface area contributed by atoms with Crippen molar-refractivity contribution in [3.63, 3.8) is 0 Å². The van der Waals surface area contributed by atoms with E-state index in [4.69, 9.17) is 13.9 Å². The molecule has 14 aromatic rings. The fraction of sp³-hybridized carbons (Fsp3) is 0.361. The number of nitrogens with zero attached hydrogens (tertiary/aromatic N) is 4. The Kier molecular flexibility index (Phi) is 27.4. The van der Waals surface area contributed by atoms with E-state index in [1.807, 2.05) is 61.7 Å². The molecule has 18 rings (SSSR count). The maximum absolute atomic E-state index is 16.4. The highest BCUT2D eigenvalue weighted by atomic mass is 16.5. The molecule has 1 aliphatic carbocycles. The number of rotatable bonds is 39. The summed E-state index contributed by atoms with van der Waals surface area (Å²) in [6.07, 6.45) is 22.2. The number of ether oxygens (including phenoxy) is 2. The number of amides is 4. The molecule has 4 unspecified atom stereocenters. The van der Waals surface area contributed by atoms with E-state index in [1.54, 1.807) is 18.2 Å². The van der Waals surface area contributed by atoms with Gasteiger partial charge in [-0.15, -0.1) is 0 Å². The van der Waals surface area contributed by atoms with Gasteiger partial charge in [0.05, 0.1) is 31.8 Å². The minimum Gasteiger partial charge on any atom is -0.495 e. The molecule has 0 fully saturated rings. The second-order valence-electron chi connectivity index (χ2n) is 38.2. The Morgan fingerprint density at radius 1 is 0.373 bits per heavy atom. The molecule has 12 heteroatoms. The first kappa shape index (κ1) is 91.9. The zero-order valence-electron chi connectivity index (χ0n) is 81.1. The lowest BCUT2D eigenvalue weighted by Gasteiger charge is -2.30. The highest BCUT2D eigenvalue weighted by Gasteiger charge is 2.39. The quantitative estimate of drug-likeness (QED) is 0.0122. The van der Waals surface area contributed by atoms with E-state index in [9.17, 15) is 4.79 Å². The van der Waals surface area contributed by atoms with Crippen molar-refractivity contribution in [3.05, 3.63) is 267 Å². The summed E-state index contributed by atoms with van der Waals surface area (Å²) in [5.74, 6) is 1.11. The molecule has 0 spiro atoms. The second kappa shape index (κ2) is 39.9. The molecule has 4 atom stereocenters. The molecule has 0 saturated heterocycles. The summed E-state index contributed by atoms with van der Waals surface area (Å²) >= 11 is 0. The molecule has 3 aliphatic heterocycles. The highest BCUT2D eigenvalue weighted by Crippen LogP contribution is 2.54. The maximum Gasteiger partial charge on any atom is 0.338 e. The zero-order valence-corrected chi connectivity index (χ0v) is 81.1. The summed E-state index contributed by atoms with van der Waals surface area (Å²) < 4.78 is 22.5. The number of carbonyl (C=O) groups is 5. The monoisotopic (exact) mass is 1780 g/mol. The van der Waals surface area contributed by atoms with Crippen LogP contribution >= 0.6 is 0 Å². The van der Waals surface area contributed by atoms with Crippen LogP contribution in [-0.4, -0.2) is 85.8 Å². The molecule has 0 saturated carbocycles. The largest absolute Gasteiger partial charge is 0.495 e. The maximum atomic E-state index is 16.4. The van der Waals surface area contributed by atoms with E-state index in [0.717, 1.165) is 218 Å². The highest BCUT2D eigenvalue weighted by molar-refractivity contribution is 6.41. The lowest BCUT2D eigenvalue weighted by atomic mass is 9.81. The van der Waals surface area contributed by atoms with Crippen molar-refractivity contribution < 1.29 is 37.9 Å². The van der Waals surface area contributed by atoms with Crippen molar-refractivity contribution in [1.82, 2.24) is 14.4 Å². The lowest BCUT2D eigenvalue weighted by Crippen LogP contribution is -2.42. The van der Waals surface area contributed by atoms with Gasteiger partial charge in [-0.1, -0.05) is 273 Å². The van der Waals surface area contributed by atoms with Gasteiger partial charge in [0.1, 0.15) is 36.8 Å². The number of fused-ring (bicyclic) bond motifs is 8. The normalized spacial score (nSPS) is 13.9. The van der Waals surface area contributed by atoms with Gasteiger partial charge < -0.3 is 18.8 Å². The van der Waals surface area contributed by atoms with Crippen LogP contribution in [0.2, 0.25) is 0 Å². The van der Waals surface area contributed by atoms with Gasteiger partial charge in [0.25, 0.3) is 23.6 Å². The zero-order chi connectivity index (χ0) is 93.3. The van der Waals surface area contributed by atoms with E-state index in [2.05, 4.69) is 226 Å². The Bertz CT molecular complexity index is 6820. The fourth-order valence-electron chi connectivity index (χ4n) is 23.1. The Balaban J connectivity index is 0.741. The third kappa shape index (κ3) is 16.7. The predicted octanol–water partition coefficient (Wildman–Crippen LogP) is 30.2. The average Bonchev–Trinajstić information content (AvgIpc) is 0.687. The summed E-state index contributed by atoms with van der Waals surface area (Å²) in [5, 5.41) is 17.2. The van der Waals surface area contributed by atoms with Crippen LogP contribution in [0.4, 0.5) is 5.69 Å². The molecule has 0 bridgehead atoms. The van der Waals surface area contributed by atoms with Gasteiger partial charge in [0.2, 0.25) is 5.36 Å². The van der Waals surface area contributed by atoms with Crippen LogP contribution in [0.25, 0.3) is 142 Å². The van der Waals surface area contributed by atoms with Crippen molar-refractivity contribution in [2.24, 2.45) is 23.7 Å². The number of hydrogen-bond acceptors (Lipinski definition) is 9. The summed E-state index contributed by atoms with van der Waals surface area (Å²) in [5.41, 5.74) is 16.1. The van der Waals surface area contributed by atoms with E-state index < -0.39 is 29.6 Å². The number of hydrogen-bond donors (Lipinski definition) is 0. The van der Waals surface area contributed by atoms with Gasteiger partial charge in [0.15, 0.2) is 0 Å². The average molecular weight is 1780 g/mol. The van der Waals surface area contributed by atoms with Crippen LogP contribution in [-0.2, 0) is 37.0 Å². The molecular formula is C122H131N4O8+. The smallest absolute Gasteiger partial charge is 0.338 e. The second-order valence-corrected chi connectivity index (χ2v) is 38.2. The third-order valence-corrected chi connectivity index (χ3v) is 30.6. The van der Waals surface area contributed by atoms with E-state index in [-0.39, 0.29) is 19.7 Å². The minimum absolute atomic E-state index is 0.0401. The fourth-order valence-corrected chi connectivity index (χ4v) is 23.1. The Labute approximate surface area is 790 Å². The molecule has 4 amide bonds. The summed E-state index contributed by atoms with van der Waals surface area (Å²) in [6, 6.07) is 72.7. The molecule has 0 aromatic heterocycles. The van der Waals surface area contributed by atoms with Crippen LogP contribution < -0.4 is 19.6 Å². The Morgan fingerprint density at radius 2 is 0.776 bits per heavy atom. The van der Waals surface area contributed by atoms with Gasteiger partial charge in [-0.25, -0.2) is 9.37 Å². The predicted molar refractivity (Wildman–Crippen MR) is 558 cm³/mol. The number of methoxy groups -OCH3 is 1. The first-order chi connectivity index (χ1) is 65.5. The van der Waals surface area contributed by atoms with Gasteiger partial charge in [0, 0.05) is 103 Å². The lowest BCUT2D eigenvalue weighted by molar-refractivity contribution is 0.0405. The van der Waals surface area contributed by atoms with Gasteiger partial charge in [-0.05, 0) is 259 Å². The first-order valence-corrected chi connectivity index (χ1v) is 50.7. The number of esters is 1. The summed E-state index contributed by atoms with van der Waals surface area (Å²) in [6.45, 7) is 30.0. The third-order valence-electron chi connectivity index (χ3n) is 30.6. The Hall–Kier alpha value is -12.5. The van der Waals surface area contributed by atoms with Crippen molar-refractivity contribution in [2.75, 3.05) is 51.3 Å². The molecular weight excluding hydrogens is 1650 g/mol. The molecule has 134 heavy (non-hydrogen) atoms. The van der Waals surface area contributed by atoms with Gasteiger partial charge in [-0.2, -0.15) is 0 Å². The minimum atomic E-state index is -0.596. The SMILES string of the molecule is CCCCC(CC)Cc1cccc2c(-c3cc(CN4C(=O)c5ccc6c7ccc8c9c(ccc(c%10ccc(c5c6%10)C4=O)c97)C(=O)N(CCOC(=O)c4ccccc4-c4c5ccc(=[N+](CC)CC)cc-5oc5cc(N(CC)CC)ccc45)C8=O)cc(-c4c5cccc(CC(CC)CCCC)c5cc5c(CC(CC)CCCC)cccc45)c3OC)c3cccc(CC(CC)CCCC)c3cc12. The molecule has 0 N–H and O–H groups in total. The van der Waals surface area contributed by atoms with Gasteiger partial charge in [-0.3, -0.25) is 29.0 Å². The number of unbranched alkanes of at least 4 members (excludes halogenated alkanes) is 4. The van der Waals surface area contributed by atoms with E-state index in [1.165, 1.54) is 105 Å². The van der Waals surface area contributed by atoms with Gasteiger partial charge >= 0.3 is 5.97 Å². The van der Waals surface area contributed by atoms with Crippen LogP contribution in [0.5, 0.6) is 5.75 Å². The molecule has 14 aromatic carbocycles. The van der Waals surface area contributed by atoms with Crippen LogP contribution in [0.3, 0.4) is 0 Å². The molecule has 4 aliphatic rings. The van der Waals surface area contributed by atoms with Crippen molar-refractivity contribution in [3.8, 4) is 50.5 Å². The van der Waals surface area contributed by atoms with E-state index in [0.29, 0.717) is 79.2 Å². The van der Waals surface area contributed by atoms with E-state index >= 15 is 19.2 Å². The van der Waals surface area contributed by atoms with Crippen LogP contribution in [0.1, 0.15) is 265 Å². The molecule has 12 nitrogen and oxygen atoms in total. The number of anilines is 1. The molecule has 0 radical (unpaired) electrons. The Morgan fingerprint density at radius 3 is 1.17 bits per heavy atom. The first-order valence-electron chi connectivity index (χ1n) is 50.7. The van der Waals surface area contributed by atoms with Crippen molar-refractivity contribution >= 4 is 132 Å². The molecule has 686 valence electrons. The topological polar surface area (TPSA) is 130 Å².